The fraction of sp³-hybridized carbons (Fsp3) is 0.200. The quantitative estimate of drug-likeness (QED) is 0.764. The van der Waals surface area contributed by atoms with Gasteiger partial charge in [0.25, 0.3) is 6.43 Å². The standard InChI is InChI=1S/C10H8F2OS/c1-5-2-3-6-4-7(10(11)12)14-9(6)8(5)13/h2-4,10,13H,1H3. The van der Waals surface area contributed by atoms with Crippen LogP contribution in [0.3, 0.4) is 0 Å². The van der Waals surface area contributed by atoms with E-state index in [0.29, 0.717) is 15.6 Å². The second kappa shape index (κ2) is 3.20. The molecule has 0 atom stereocenters. The lowest BCUT2D eigenvalue weighted by atomic mass is 10.2. The summed E-state index contributed by atoms with van der Waals surface area (Å²) in [5, 5.41) is 10.3. The van der Waals surface area contributed by atoms with Crippen molar-refractivity contribution in [3.63, 3.8) is 0 Å². The summed E-state index contributed by atoms with van der Waals surface area (Å²) in [6.07, 6.45) is -2.47. The highest BCUT2D eigenvalue weighted by atomic mass is 32.1. The molecular formula is C10H8F2OS. The van der Waals surface area contributed by atoms with Gasteiger partial charge < -0.3 is 5.11 Å². The molecule has 1 nitrogen and oxygen atoms in total. The Balaban J connectivity index is 2.71. The number of thiophene rings is 1. The number of phenols is 1. The third kappa shape index (κ3) is 1.35. The third-order valence-corrected chi connectivity index (χ3v) is 3.26. The van der Waals surface area contributed by atoms with E-state index in [0.717, 1.165) is 11.3 Å². The van der Waals surface area contributed by atoms with Crippen molar-refractivity contribution >= 4 is 21.4 Å². The zero-order chi connectivity index (χ0) is 10.3. The molecule has 0 radical (unpaired) electrons. The monoisotopic (exact) mass is 214 g/mol. The van der Waals surface area contributed by atoms with Crippen LogP contribution in [0.25, 0.3) is 10.1 Å². The van der Waals surface area contributed by atoms with Crippen molar-refractivity contribution in [2.75, 3.05) is 0 Å². The van der Waals surface area contributed by atoms with Crippen molar-refractivity contribution in [1.82, 2.24) is 0 Å². The lowest BCUT2D eigenvalue weighted by molar-refractivity contribution is 0.156. The molecule has 0 saturated carbocycles. The van der Waals surface area contributed by atoms with Gasteiger partial charge >= 0.3 is 0 Å². The highest BCUT2D eigenvalue weighted by Gasteiger charge is 2.13. The number of rotatable bonds is 1. The van der Waals surface area contributed by atoms with Crippen LogP contribution in [0.4, 0.5) is 8.78 Å². The van der Waals surface area contributed by atoms with Crippen LogP contribution in [0.2, 0.25) is 0 Å². The average molecular weight is 214 g/mol. The first-order valence-electron chi connectivity index (χ1n) is 4.09. The molecule has 1 aromatic carbocycles. The molecule has 14 heavy (non-hydrogen) atoms. The van der Waals surface area contributed by atoms with Crippen molar-refractivity contribution < 1.29 is 13.9 Å². The van der Waals surface area contributed by atoms with E-state index in [1.807, 2.05) is 0 Å². The molecule has 0 amide bonds. The van der Waals surface area contributed by atoms with Gasteiger partial charge in [-0.1, -0.05) is 12.1 Å². The fourth-order valence-corrected chi connectivity index (χ4v) is 2.33. The molecule has 0 aliphatic heterocycles. The van der Waals surface area contributed by atoms with Crippen LogP contribution in [-0.2, 0) is 0 Å². The summed E-state index contributed by atoms with van der Waals surface area (Å²) in [5.41, 5.74) is 0.708. The molecule has 0 spiro atoms. The summed E-state index contributed by atoms with van der Waals surface area (Å²) in [6, 6.07) is 4.89. The Morgan fingerprint density at radius 1 is 1.36 bits per heavy atom. The van der Waals surface area contributed by atoms with Crippen LogP contribution in [0.15, 0.2) is 18.2 Å². The van der Waals surface area contributed by atoms with Crippen LogP contribution in [0, 0.1) is 6.92 Å². The first kappa shape index (κ1) is 9.40. The van der Waals surface area contributed by atoms with E-state index in [4.69, 9.17) is 0 Å². The zero-order valence-electron chi connectivity index (χ0n) is 7.42. The van der Waals surface area contributed by atoms with E-state index in [1.54, 1.807) is 19.1 Å². The molecule has 0 saturated heterocycles. The van der Waals surface area contributed by atoms with E-state index in [1.165, 1.54) is 6.07 Å². The number of alkyl halides is 2. The number of benzene rings is 1. The minimum atomic E-state index is -2.47. The first-order valence-corrected chi connectivity index (χ1v) is 4.91. The van der Waals surface area contributed by atoms with Crippen LogP contribution >= 0.6 is 11.3 Å². The van der Waals surface area contributed by atoms with Crippen molar-refractivity contribution in [3.8, 4) is 5.75 Å². The fourth-order valence-electron chi connectivity index (χ4n) is 1.31. The van der Waals surface area contributed by atoms with E-state index in [9.17, 15) is 13.9 Å². The summed E-state index contributed by atoms with van der Waals surface area (Å²) in [5.74, 6) is 0.111. The number of hydrogen-bond acceptors (Lipinski definition) is 2. The summed E-state index contributed by atoms with van der Waals surface area (Å²) >= 11 is 0.946. The molecule has 1 heterocycles. The van der Waals surface area contributed by atoms with Gasteiger partial charge in [0.05, 0.1) is 9.58 Å². The van der Waals surface area contributed by atoms with E-state index in [2.05, 4.69) is 0 Å². The van der Waals surface area contributed by atoms with Gasteiger partial charge in [-0.05, 0) is 23.9 Å². The maximum Gasteiger partial charge on any atom is 0.272 e. The Kier molecular flexibility index (Phi) is 2.15. The van der Waals surface area contributed by atoms with E-state index in [-0.39, 0.29) is 10.6 Å². The summed E-state index contributed by atoms with van der Waals surface area (Å²) in [6.45, 7) is 1.75. The van der Waals surface area contributed by atoms with Gasteiger partial charge in [0.15, 0.2) is 0 Å². The highest BCUT2D eigenvalue weighted by molar-refractivity contribution is 7.19. The van der Waals surface area contributed by atoms with Crippen LogP contribution in [-0.4, -0.2) is 5.11 Å². The summed E-state index contributed by atoms with van der Waals surface area (Å²) < 4.78 is 25.3. The average Bonchev–Trinajstić information content (AvgIpc) is 2.56. The molecule has 0 aliphatic carbocycles. The number of phenolic OH excluding ortho intramolecular Hbond substituents is 1. The molecule has 0 bridgehead atoms. The molecule has 0 unspecified atom stereocenters. The predicted molar refractivity (Wildman–Crippen MR) is 53.2 cm³/mol. The van der Waals surface area contributed by atoms with E-state index < -0.39 is 6.43 Å². The number of halogens is 2. The molecule has 1 N–H and O–H groups in total. The topological polar surface area (TPSA) is 20.2 Å². The van der Waals surface area contributed by atoms with Gasteiger partial charge in [-0.25, -0.2) is 8.78 Å². The number of fused-ring (bicyclic) bond motifs is 1. The number of aromatic hydroxyl groups is 1. The number of hydrogen-bond donors (Lipinski definition) is 1. The Morgan fingerprint density at radius 2 is 2.07 bits per heavy atom. The molecule has 2 rings (SSSR count). The van der Waals surface area contributed by atoms with Gasteiger partial charge in [-0.3, -0.25) is 0 Å². The molecule has 0 aliphatic rings. The maximum atomic E-state index is 12.4. The SMILES string of the molecule is Cc1ccc2cc(C(F)F)sc2c1O. The van der Waals surface area contributed by atoms with Gasteiger partial charge in [0, 0.05) is 0 Å². The normalized spacial score (nSPS) is 11.4. The molecule has 0 fully saturated rings. The first-order chi connectivity index (χ1) is 6.59. The Hall–Kier alpha value is -1.16. The Labute approximate surface area is 83.6 Å². The molecule has 1 aromatic heterocycles. The van der Waals surface area contributed by atoms with Gasteiger partial charge in [0.1, 0.15) is 5.75 Å². The van der Waals surface area contributed by atoms with Crippen LogP contribution < -0.4 is 0 Å². The van der Waals surface area contributed by atoms with Gasteiger partial charge in [-0.2, -0.15) is 0 Å². The molecular weight excluding hydrogens is 206 g/mol. The molecule has 4 heteroatoms. The largest absolute Gasteiger partial charge is 0.506 e. The van der Waals surface area contributed by atoms with Crippen LogP contribution in [0.5, 0.6) is 5.75 Å². The maximum absolute atomic E-state index is 12.4. The van der Waals surface area contributed by atoms with Gasteiger partial charge in [0.2, 0.25) is 0 Å². The minimum Gasteiger partial charge on any atom is -0.506 e. The van der Waals surface area contributed by atoms with Gasteiger partial charge in [-0.15, -0.1) is 11.3 Å². The lowest BCUT2D eigenvalue weighted by Crippen LogP contribution is -1.72. The molecule has 74 valence electrons. The Morgan fingerprint density at radius 3 is 2.71 bits per heavy atom. The minimum absolute atomic E-state index is 0.000833. The Bertz CT molecular complexity index is 476. The summed E-state index contributed by atoms with van der Waals surface area (Å²) in [4.78, 5) is 0.000833. The van der Waals surface area contributed by atoms with Crippen molar-refractivity contribution in [3.05, 3.63) is 28.6 Å². The second-order valence-corrected chi connectivity index (χ2v) is 4.18. The summed E-state index contributed by atoms with van der Waals surface area (Å²) in [7, 11) is 0. The van der Waals surface area contributed by atoms with Crippen molar-refractivity contribution in [2.45, 2.75) is 13.3 Å². The zero-order valence-corrected chi connectivity index (χ0v) is 8.24. The third-order valence-electron chi connectivity index (χ3n) is 2.10. The molecule has 2 aromatic rings. The number of aryl methyl sites for hydroxylation is 1. The highest BCUT2D eigenvalue weighted by Crippen LogP contribution is 2.38. The smallest absolute Gasteiger partial charge is 0.272 e. The van der Waals surface area contributed by atoms with Crippen molar-refractivity contribution in [1.29, 1.82) is 0 Å². The second-order valence-electron chi connectivity index (χ2n) is 3.10. The lowest BCUT2D eigenvalue weighted by Gasteiger charge is -1.97. The van der Waals surface area contributed by atoms with Crippen LogP contribution in [0.1, 0.15) is 16.9 Å². The predicted octanol–water partition coefficient (Wildman–Crippen LogP) is 3.85. The van der Waals surface area contributed by atoms with Crippen molar-refractivity contribution in [2.24, 2.45) is 0 Å². The van der Waals surface area contributed by atoms with E-state index >= 15 is 0 Å².